The van der Waals surface area contributed by atoms with Crippen molar-refractivity contribution >= 4 is 0 Å². The van der Waals surface area contributed by atoms with E-state index in [4.69, 9.17) is 0 Å². The maximum atomic E-state index is 12.9. The number of H-pyrrole nitrogens is 1. The van der Waals surface area contributed by atoms with Gasteiger partial charge in [0.25, 0.3) is 0 Å². The van der Waals surface area contributed by atoms with Crippen LogP contribution in [0.25, 0.3) is 11.3 Å². The van der Waals surface area contributed by atoms with E-state index in [2.05, 4.69) is 22.4 Å². The van der Waals surface area contributed by atoms with Gasteiger partial charge in [0.15, 0.2) is 0 Å². The van der Waals surface area contributed by atoms with Gasteiger partial charge >= 0.3 is 0 Å². The zero-order valence-corrected chi connectivity index (χ0v) is 10.3. The largest absolute Gasteiger partial charge is 0.309 e. The van der Waals surface area contributed by atoms with Crippen molar-refractivity contribution in [3.8, 4) is 11.3 Å². The molecule has 0 aliphatic carbocycles. The van der Waals surface area contributed by atoms with Crippen LogP contribution in [-0.4, -0.2) is 16.7 Å². The zero-order chi connectivity index (χ0) is 12.5. The van der Waals surface area contributed by atoms with Gasteiger partial charge in [-0.2, -0.15) is 5.10 Å². The molecule has 1 aromatic carbocycles. The molecule has 1 aliphatic heterocycles. The van der Waals surface area contributed by atoms with Gasteiger partial charge < -0.3 is 5.32 Å². The first-order valence-electron chi connectivity index (χ1n) is 6.30. The molecular weight excluding hydrogens is 229 g/mol. The Kier molecular flexibility index (Phi) is 2.88. The van der Waals surface area contributed by atoms with Gasteiger partial charge in [0.2, 0.25) is 0 Å². The molecule has 0 spiro atoms. The fraction of sp³-hybridized carbons (Fsp3) is 0.357. The highest BCUT2D eigenvalue weighted by atomic mass is 19.1. The summed E-state index contributed by atoms with van der Waals surface area (Å²) < 4.78 is 12.9. The molecule has 1 aliphatic rings. The third kappa shape index (κ3) is 1.93. The Balaban J connectivity index is 1.96. The lowest BCUT2D eigenvalue weighted by Gasteiger charge is -2.08. The number of nitrogens with one attached hydrogen (secondary N) is 2. The van der Waals surface area contributed by atoms with E-state index in [1.807, 2.05) is 0 Å². The summed E-state index contributed by atoms with van der Waals surface area (Å²) in [6, 6.07) is 6.86. The second-order valence-electron chi connectivity index (χ2n) is 4.77. The van der Waals surface area contributed by atoms with Crippen molar-refractivity contribution in [1.82, 2.24) is 15.5 Å². The molecule has 1 atom stereocenters. The summed E-state index contributed by atoms with van der Waals surface area (Å²) >= 11 is 0. The second kappa shape index (κ2) is 4.53. The number of benzene rings is 1. The van der Waals surface area contributed by atoms with E-state index in [9.17, 15) is 4.39 Å². The maximum Gasteiger partial charge on any atom is 0.123 e. The van der Waals surface area contributed by atoms with Gasteiger partial charge in [-0.25, -0.2) is 4.39 Å². The average molecular weight is 245 g/mol. The van der Waals surface area contributed by atoms with Crippen molar-refractivity contribution in [2.45, 2.75) is 25.8 Å². The van der Waals surface area contributed by atoms with Crippen LogP contribution >= 0.6 is 0 Å². The number of nitrogens with zero attached hydrogens (tertiary/aromatic N) is 1. The fourth-order valence-corrected chi connectivity index (χ4v) is 2.57. The molecule has 0 radical (unpaired) electrons. The van der Waals surface area contributed by atoms with E-state index in [-0.39, 0.29) is 5.82 Å². The first kappa shape index (κ1) is 11.4. The quantitative estimate of drug-likeness (QED) is 0.854. The molecule has 1 fully saturated rings. The van der Waals surface area contributed by atoms with Crippen molar-refractivity contribution in [2.75, 3.05) is 6.54 Å². The van der Waals surface area contributed by atoms with E-state index < -0.39 is 0 Å². The number of aromatic nitrogens is 2. The highest BCUT2D eigenvalue weighted by Crippen LogP contribution is 2.30. The van der Waals surface area contributed by atoms with Crippen molar-refractivity contribution in [2.24, 2.45) is 0 Å². The zero-order valence-electron chi connectivity index (χ0n) is 10.3. The van der Waals surface area contributed by atoms with Crippen molar-refractivity contribution in [1.29, 1.82) is 0 Å². The molecule has 4 heteroatoms. The molecule has 3 rings (SSSR count). The number of hydrogen-bond donors (Lipinski definition) is 2. The highest BCUT2D eigenvalue weighted by Gasteiger charge is 2.22. The minimum atomic E-state index is -0.218. The standard InChI is InChI=1S/C14H16FN3/c1-9-13(10-4-6-11(15)7-5-10)17-18-14(9)12-3-2-8-16-12/h4-7,12,16H,2-3,8H2,1H3,(H,17,18). The summed E-state index contributed by atoms with van der Waals surface area (Å²) in [6.07, 6.45) is 2.35. The SMILES string of the molecule is Cc1c(-c2ccc(F)cc2)n[nH]c1C1CCCN1. The maximum absolute atomic E-state index is 12.9. The van der Waals surface area contributed by atoms with Gasteiger partial charge in [-0.3, -0.25) is 5.10 Å². The van der Waals surface area contributed by atoms with Crippen LogP contribution in [0.4, 0.5) is 4.39 Å². The lowest BCUT2D eigenvalue weighted by molar-refractivity contribution is 0.622. The molecule has 18 heavy (non-hydrogen) atoms. The third-order valence-electron chi connectivity index (χ3n) is 3.57. The van der Waals surface area contributed by atoms with Crippen LogP contribution in [0.5, 0.6) is 0 Å². The summed E-state index contributed by atoms with van der Waals surface area (Å²) in [4.78, 5) is 0. The Morgan fingerprint density at radius 3 is 2.72 bits per heavy atom. The molecule has 0 amide bonds. The molecular formula is C14H16FN3. The number of halogens is 1. The van der Waals surface area contributed by atoms with Gasteiger partial charge in [0, 0.05) is 11.6 Å². The van der Waals surface area contributed by atoms with Gasteiger partial charge in [-0.05, 0) is 56.1 Å². The predicted octanol–water partition coefficient (Wildman–Crippen LogP) is 2.95. The van der Waals surface area contributed by atoms with Crippen molar-refractivity contribution < 1.29 is 4.39 Å². The smallest absolute Gasteiger partial charge is 0.123 e. The molecule has 2 N–H and O–H groups in total. The Hall–Kier alpha value is -1.68. The van der Waals surface area contributed by atoms with Crippen LogP contribution in [0.15, 0.2) is 24.3 Å². The normalized spacial score (nSPS) is 19.3. The van der Waals surface area contributed by atoms with Crippen molar-refractivity contribution in [3.05, 3.63) is 41.3 Å². The minimum Gasteiger partial charge on any atom is -0.309 e. The van der Waals surface area contributed by atoms with Crippen LogP contribution < -0.4 is 5.32 Å². The highest BCUT2D eigenvalue weighted by molar-refractivity contribution is 5.63. The lowest BCUT2D eigenvalue weighted by Crippen LogP contribution is -2.14. The molecule has 1 unspecified atom stereocenters. The van der Waals surface area contributed by atoms with Gasteiger partial charge in [-0.1, -0.05) is 0 Å². The Labute approximate surface area is 105 Å². The van der Waals surface area contributed by atoms with Crippen LogP contribution in [0, 0.1) is 12.7 Å². The Bertz CT molecular complexity index is 539. The molecule has 0 saturated carbocycles. The fourth-order valence-electron chi connectivity index (χ4n) is 2.57. The predicted molar refractivity (Wildman–Crippen MR) is 68.7 cm³/mol. The summed E-state index contributed by atoms with van der Waals surface area (Å²) in [5, 5.41) is 11.0. The average Bonchev–Trinajstić information content (AvgIpc) is 2.99. The van der Waals surface area contributed by atoms with Gasteiger partial charge in [0.05, 0.1) is 11.4 Å². The van der Waals surface area contributed by atoms with Gasteiger partial charge in [0.1, 0.15) is 5.82 Å². The second-order valence-corrected chi connectivity index (χ2v) is 4.77. The molecule has 0 bridgehead atoms. The molecule has 1 aromatic heterocycles. The van der Waals surface area contributed by atoms with Crippen molar-refractivity contribution in [3.63, 3.8) is 0 Å². The van der Waals surface area contributed by atoms with Crippen LogP contribution in [0.3, 0.4) is 0 Å². The number of hydrogen-bond acceptors (Lipinski definition) is 2. The first-order chi connectivity index (χ1) is 8.75. The molecule has 3 nitrogen and oxygen atoms in total. The number of aromatic amines is 1. The van der Waals surface area contributed by atoms with E-state index in [0.717, 1.165) is 35.5 Å². The van der Waals surface area contributed by atoms with E-state index in [0.29, 0.717) is 6.04 Å². The summed E-state index contributed by atoms with van der Waals surface area (Å²) in [5.74, 6) is -0.218. The van der Waals surface area contributed by atoms with E-state index in [1.54, 1.807) is 12.1 Å². The third-order valence-corrected chi connectivity index (χ3v) is 3.57. The van der Waals surface area contributed by atoms with Gasteiger partial charge in [-0.15, -0.1) is 0 Å². The molecule has 2 aromatic rings. The topological polar surface area (TPSA) is 40.7 Å². The molecule has 2 heterocycles. The lowest BCUT2D eigenvalue weighted by atomic mass is 10.0. The van der Waals surface area contributed by atoms with Crippen LogP contribution in [-0.2, 0) is 0 Å². The van der Waals surface area contributed by atoms with Crippen LogP contribution in [0.2, 0.25) is 0 Å². The number of rotatable bonds is 2. The van der Waals surface area contributed by atoms with E-state index >= 15 is 0 Å². The molecule has 94 valence electrons. The summed E-state index contributed by atoms with van der Waals surface area (Å²) in [7, 11) is 0. The summed E-state index contributed by atoms with van der Waals surface area (Å²) in [6.45, 7) is 3.13. The Morgan fingerprint density at radius 2 is 2.06 bits per heavy atom. The molecule has 1 saturated heterocycles. The minimum absolute atomic E-state index is 0.218. The van der Waals surface area contributed by atoms with Crippen LogP contribution in [0.1, 0.15) is 30.1 Å². The monoisotopic (exact) mass is 245 g/mol. The Morgan fingerprint density at radius 1 is 1.28 bits per heavy atom. The first-order valence-corrected chi connectivity index (χ1v) is 6.30. The summed E-state index contributed by atoms with van der Waals surface area (Å²) in [5.41, 5.74) is 4.18. The van der Waals surface area contributed by atoms with E-state index in [1.165, 1.54) is 18.6 Å².